The highest BCUT2D eigenvalue weighted by Gasteiger charge is 2.15. The maximum atomic E-state index is 13.2. The number of aliphatic hydroxyl groups is 1. The van der Waals surface area contributed by atoms with Crippen LogP contribution in [-0.4, -0.2) is 24.9 Å². The van der Waals surface area contributed by atoms with Gasteiger partial charge in [0.1, 0.15) is 0 Å². The smallest absolute Gasteiger partial charge is 0.165 e. The molecule has 1 aliphatic heterocycles. The third-order valence-corrected chi connectivity index (χ3v) is 3.83. The Balaban J connectivity index is 1.61. The zero-order valence-electron chi connectivity index (χ0n) is 13.1. The first kappa shape index (κ1) is 16.7. The van der Waals surface area contributed by atoms with Gasteiger partial charge in [-0.25, -0.2) is 8.78 Å². The summed E-state index contributed by atoms with van der Waals surface area (Å²) in [5, 5.41) is 13.2. The summed E-state index contributed by atoms with van der Waals surface area (Å²) in [6.45, 7) is 1.89. The molecule has 24 heavy (non-hydrogen) atoms. The summed E-state index contributed by atoms with van der Waals surface area (Å²) < 4.78 is 37.5. The summed E-state index contributed by atoms with van der Waals surface area (Å²) in [4.78, 5) is 0. The zero-order valence-corrected chi connectivity index (χ0v) is 13.1. The van der Waals surface area contributed by atoms with E-state index in [1.807, 2.05) is 18.2 Å². The summed E-state index contributed by atoms with van der Waals surface area (Å²) in [7, 11) is 0. The average Bonchev–Trinajstić information content (AvgIpc) is 2.83. The molecule has 1 atom stereocenters. The van der Waals surface area contributed by atoms with Crippen LogP contribution >= 0.6 is 0 Å². The van der Waals surface area contributed by atoms with E-state index < -0.39 is 17.7 Å². The first-order chi connectivity index (χ1) is 11.6. The predicted octanol–water partition coefficient (Wildman–Crippen LogP) is 2.95. The van der Waals surface area contributed by atoms with Crippen LogP contribution in [0.4, 0.5) is 8.78 Å². The van der Waals surface area contributed by atoms with Gasteiger partial charge in [0.15, 0.2) is 23.1 Å². The lowest BCUT2D eigenvalue weighted by molar-refractivity contribution is 0.173. The molecule has 0 spiro atoms. The van der Waals surface area contributed by atoms with Crippen LogP contribution in [-0.2, 0) is 6.54 Å². The van der Waals surface area contributed by atoms with Gasteiger partial charge in [-0.1, -0.05) is 18.2 Å². The van der Waals surface area contributed by atoms with E-state index in [4.69, 9.17) is 9.47 Å². The van der Waals surface area contributed by atoms with Crippen LogP contribution in [0.1, 0.15) is 23.7 Å². The molecule has 0 aliphatic carbocycles. The Morgan fingerprint density at radius 1 is 1.08 bits per heavy atom. The number of hydrogen-bond donors (Lipinski definition) is 2. The third-order valence-electron chi connectivity index (χ3n) is 3.83. The maximum absolute atomic E-state index is 13.2. The lowest BCUT2D eigenvalue weighted by Gasteiger charge is -2.15. The van der Waals surface area contributed by atoms with Crippen molar-refractivity contribution in [2.24, 2.45) is 0 Å². The quantitative estimate of drug-likeness (QED) is 0.882. The molecule has 2 aromatic rings. The van der Waals surface area contributed by atoms with Crippen LogP contribution in [0.5, 0.6) is 11.5 Å². The SMILES string of the molecule is OC(CNCc1cccc2c1OCCCO2)c1ccc(F)c(F)c1. The van der Waals surface area contributed by atoms with E-state index in [9.17, 15) is 13.9 Å². The molecule has 1 aliphatic rings. The third kappa shape index (κ3) is 3.83. The normalized spacial score (nSPS) is 15.0. The number of rotatable bonds is 5. The standard InChI is InChI=1S/C18H19F2NO3/c19-14-6-5-12(9-15(14)20)16(22)11-21-10-13-3-1-4-17-18(13)24-8-2-7-23-17/h1,3-6,9,16,21-22H,2,7-8,10-11H2. The van der Waals surface area contributed by atoms with Crippen LogP contribution in [0.3, 0.4) is 0 Å². The number of halogens is 2. The molecular formula is C18H19F2NO3. The summed E-state index contributed by atoms with van der Waals surface area (Å²) in [5.74, 6) is -0.466. The highest BCUT2D eigenvalue weighted by Crippen LogP contribution is 2.33. The molecule has 2 N–H and O–H groups in total. The van der Waals surface area contributed by atoms with Crippen LogP contribution < -0.4 is 14.8 Å². The number of nitrogens with one attached hydrogen (secondary N) is 1. The Morgan fingerprint density at radius 3 is 2.75 bits per heavy atom. The van der Waals surface area contributed by atoms with E-state index in [1.165, 1.54) is 6.07 Å². The number of aliphatic hydroxyl groups excluding tert-OH is 1. The highest BCUT2D eigenvalue weighted by molar-refractivity contribution is 5.47. The number of ether oxygens (including phenoxy) is 2. The Morgan fingerprint density at radius 2 is 1.92 bits per heavy atom. The Labute approximate surface area is 139 Å². The second-order valence-corrected chi connectivity index (χ2v) is 5.62. The Kier molecular flexibility index (Phi) is 5.27. The van der Waals surface area contributed by atoms with E-state index in [-0.39, 0.29) is 6.54 Å². The van der Waals surface area contributed by atoms with E-state index in [2.05, 4.69) is 5.32 Å². The Bertz CT molecular complexity index is 709. The van der Waals surface area contributed by atoms with Gasteiger partial charge in [-0.05, 0) is 23.8 Å². The van der Waals surface area contributed by atoms with E-state index >= 15 is 0 Å². The van der Waals surface area contributed by atoms with Crippen LogP contribution in [0, 0.1) is 11.6 Å². The molecule has 0 bridgehead atoms. The van der Waals surface area contributed by atoms with Gasteiger partial charge in [0.25, 0.3) is 0 Å². The van der Waals surface area contributed by atoms with Crippen molar-refractivity contribution in [1.82, 2.24) is 5.32 Å². The summed E-state index contributed by atoms with van der Waals surface area (Å²) in [6.07, 6.45) is -0.101. The monoisotopic (exact) mass is 335 g/mol. The molecule has 0 amide bonds. The molecule has 0 saturated carbocycles. The van der Waals surface area contributed by atoms with Crippen molar-refractivity contribution >= 4 is 0 Å². The molecular weight excluding hydrogens is 316 g/mol. The van der Waals surface area contributed by atoms with Gasteiger partial charge in [0.05, 0.1) is 19.3 Å². The minimum absolute atomic E-state index is 0.204. The topological polar surface area (TPSA) is 50.7 Å². The van der Waals surface area contributed by atoms with E-state index in [1.54, 1.807) is 0 Å². The lowest BCUT2D eigenvalue weighted by Crippen LogP contribution is -2.21. The molecule has 1 heterocycles. The van der Waals surface area contributed by atoms with Crippen molar-refractivity contribution in [2.45, 2.75) is 19.1 Å². The van der Waals surface area contributed by atoms with Gasteiger partial charge in [0, 0.05) is 25.1 Å². The fourth-order valence-electron chi connectivity index (χ4n) is 2.57. The van der Waals surface area contributed by atoms with Crippen LogP contribution in [0.15, 0.2) is 36.4 Å². The molecule has 3 rings (SSSR count). The fraction of sp³-hybridized carbons (Fsp3) is 0.333. The minimum atomic E-state index is -0.967. The van der Waals surface area contributed by atoms with Crippen molar-refractivity contribution in [3.05, 3.63) is 59.2 Å². The molecule has 0 radical (unpaired) electrons. The van der Waals surface area contributed by atoms with Crippen molar-refractivity contribution in [2.75, 3.05) is 19.8 Å². The van der Waals surface area contributed by atoms with Crippen molar-refractivity contribution in [3.8, 4) is 11.5 Å². The number of para-hydroxylation sites is 1. The van der Waals surface area contributed by atoms with E-state index in [0.717, 1.165) is 24.1 Å². The minimum Gasteiger partial charge on any atom is -0.490 e. The summed E-state index contributed by atoms with van der Waals surface area (Å²) >= 11 is 0. The first-order valence-electron chi connectivity index (χ1n) is 7.86. The average molecular weight is 335 g/mol. The van der Waals surface area contributed by atoms with Crippen molar-refractivity contribution in [3.63, 3.8) is 0 Å². The fourth-order valence-corrected chi connectivity index (χ4v) is 2.57. The number of benzene rings is 2. The van der Waals surface area contributed by atoms with Crippen LogP contribution in [0.2, 0.25) is 0 Å². The Hall–Kier alpha value is -2.18. The first-order valence-corrected chi connectivity index (χ1v) is 7.86. The summed E-state index contributed by atoms with van der Waals surface area (Å²) in [5.41, 5.74) is 1.25. The number of fused-ring (bicyclic) bond motifs is 1. The maximum Gasteiger partial charge on any atom is 0.165 e. The predicted molar refractivity (Wildman–Crippen MR) is 85.1 cm³/mol. The zero-order chi connectivity index (χ0) is 16.9. The van der Waals surface area contributed by atoms with E-state index in [0.29, 0.717) is 36.8 Å². The molecule has 128 valence electrons. The van der Waals surface area contributed by atoms with Gasteiger partial charge in [-0.15, -0.1) is 0 Å². The summed E-state index contributed by atoms with van der Waals surface area (Å²) in [6, 6.07) is 9.06. The highest BCUT2D eigenvalue weighted by atomic mass is 19.2. The molecule has 4 nitrogen and oxygen atoms in total. The van der Waals surface area contributed by atoms with Gasteiger partial charge in [-0.3, -0.25) is 0 Å². The van der Waals surface area contributed by atoms with Gasteiger partial charge < -0.3 is 19.9 Å². The molecule has 6 heteroatoms. The largest absolute Gasteiger partial charge is 0.490 e. The van der Waals surface area contributed by atoms with Crippen molar-refractivity contribution < 1.29 is 23.4 Å². The second-order valence-electron chi connectivity index (χ2n) is 5.62. The molecule has 2 aromatic carbocycles. The van der Waals surface area contributed by atoms with Gasteiger partial charge >= 0.3 is 0 Å². The van der Waals surface area contributed by atoms with Crippen LogP contribution in [0.25, 0.3) is 0 Å². The van der Waals surface area contributed by atoms with Crippen molar-refractivity contribution in [1.29, 1.82) is 0 Å². The molecule has 0 fully saturated rings. The molecule has 0 aromatic heterocycles. The van der Waals surface area contributed by atoms with Gasteiger partial charge in [0.2, 0.25) is 0 Å². The molecule has 0 saturated heterocycles. The number of hydrogen-bond acceptors (Lipinski definition) is 4. The molecule has 1 unspecified atom stereocenters. The second kappa shape index (κ2) is 7.59. The lowest BCUT2D eigenvalue weighted by atomic mass is 10.1. The van der Waals surface area contributed by atoms with Gasteiger partial charge in [-0.2, -0.15) is 0 Å².